The molecule has 0 saturated carbocycles. The number of hydrogen-bond donors (Lipinski definition) is 0. The van der Waals surface area contributed by atoms with Gasteiger partial charge in [-0.2, -0.15) is 23.5 Å². The molecular formula is C25H17ClF3N3O3S. The van der Waals surface area contributed by atoms with E-state index in [1.807, 2.05) is 6.07 Å². The lowest BCUT2D eigenvalue weighted by Crippen LogP contribution is -2.09. The van der Waals surface area contributed by atoms with Crippen LogP contribution in [0, 0.1) is 11.3 Å². The van der Waals surface area contributed by atoms with Gasteiger partial charge in [-0.05, 0) is 53.6 Å². The molecule has 6 nitrogen and oxygen atoms in total. The van der Waals surface area contributed by atoms with Gasteiger partial charge in [0.05, 0.1) is 26.9 Å². The molecule has 0 unspecified atom stereocenters. The average molecular weight is 532 g/mol. The first-order chi connectivity index (χ1) is 17.0. The second-order valence-corrected chi connectivity index (χ2v) is 10.2. The summed E-state index contributed by atoms with van der Waals surface area (Å²) in [4.78, 5) is 0.132. The summed E-state index contributed by atoms with van der Waals surface area (Å²) >= 11 is 6.17. The van der Waals surface area contributed by atoms with Gasteiger partial charge in [-0.3, -0.25) is 0 Å². The number of nitrogens with zero attached hydrogens (tertiary/aromatic N) is 3. The van der Waals surface area contributed by atoms with Gasteiger partial charge in [0, 0.05) is 6.26 Å². The minimum atomic E-state index is -4.68. The predicted molar refractivity (Wildman–Crippen MR) is 128 cm³/mol. The summed E-state index contributed by atoms with van der Waals surface area (Å²) in [5.74, 6) is 0.140. The van der Waals surface area contributed by atoms with Crippen molar-refractivity contribution in [1.82, 2.24) is 9.78 Å². The normalized spacial score (nSPS) is 11.8. The van der Waals surface area contributed by atoms with Gasteiger partial charge in [0.1, 0.15) is 18.4 Å². The van der Waals surface area contributed by atoms with Crippen molar-refractivity contribution in [3.8, 4) is 28.6 Å². The van der Waals surface area contributed by atoms with Crippen molar-refractivity contribution < 1.29 is 26.3 Å². The number of benzene rings is 3. The van der Waals surface area contributed by atoms with Crippen LogP contribution in [0.4, 0.5) is 13.2 Å². The Morgan fingerprint density at radius 3 is 2.42 bits per heavy atom. The predicted octanol–water partition coefficient (Wildman–Crippen LogP) is 6.07. The highest BCUT2D eigenvalue weighted by Gasteiger charge is 2.35. The third kappa shape index (κ3) is 5.37. The summed E-state index contributed by atoms with van der Waals surface area (Å²) in [6, 6.07) is 20.1. The van der Waals surface area contributed by atoms with Crippen molar-refractivity contribution in [2.75, 3.05) is 6.26 Å². The van der Waals surface area contributed by atoms with Crippen LogP contribution < -0.4 is 4.74 Å². The van der Waals surface area contributed by atoms with Gasteiger partial charge in [0.2, 0.25) is 0 Å². The molecule has 36 heavy (non-hydrogen) atoms. The maximum absolute atomic E-state index is 13.4. The number of alkyl halides is 3. The highest BCUT2D eigenvalue weighted by molar-refractivity contribution is 7.90. The third-order valence-electron chi connectivity index (χ3n) is 5.23. The summed E-state index contributed by atoms with van der Waals surface area (Å²) in [5.41, 5.74) is 0.483. The Hall–Kier alpha value is -3.81. The van der Waals surface area contributed by atoms with E-state index in [2.05, 4.69) is 5.10 Å². The number of para-hydroxylation sites is 1. The van der Waals surface area contributed by atoms with Gasteiger partial charge in [-0.1, -0.05) is 41.9 Å². The highest BCUT2D eigenvalue weighted by atomic mass is 35.5. The van der Waals surface area contributed by atoms with E-state index in [9.17, 15) is 26.9 Å². The summed E-state index contributed by atoms with van der Waals surface area (Å²) in [6.45, 7) is -0.327. The molecule has 11 heteroatoms. The second-order valence-electron chi connectivity index (χ2n) is 7.79. The molecule has 0 amide bonds. The molecule has 0 fully saturated rings. The first-order valence-electron chi connectivity index (χ1n) is 10.4. The Morgan fingerprint density at radius 2 is 1.75 bits per heavy atom. The Balaban J connectivity index is 1.66. The molecule has 3 aromatic carbocycles. The molecule has 1 heterocycles. The maximum Gasteiger partial charge on any atom is 0.435 e. The highest BCUT2D eigenvalue weighted by Crippen LogP contribution is 2.32. The lowest BCUT2D eigenvalue weighted by molar-refractivity contribution is -0.141. The molecule has 184 valence electrons. The zero-order chi connectivity index (χ0) is 26.1. The van der Waals surface area contributed by atoms with Crippen LogP contribution >= 0.6 is 11.6 Å². The van der Waals surface area contributed by atoms with Crippen LogP contribution in [0.15, 0.2) is 77.7 Å². The van der Waals surface area contributed by atoms with Crippen molar-refractivity contribution >= 4 is 21.4 Å². The van der Waals surface area contributed by atoms with Crippen molar-refractivity contribution in [2.24, 2.45) is 0 Å². The van der Waals surface area contributed by atoms with E-state index in [-0.39, 0.29) is 39.2 Å². The molecule has 0 saturated heterocycles. The van der Waals surface area contributed by atoms with E-state index in [0.717, 1.165) is 17.0 Å². The summed E-state index contributed by atoms with van der Waals surface area (Å²) in [6.07, 6.45) is -3.58. The summed E-state index contributed by atoms with van der Waals surface area (Å²) in [5, 5.41) is 13.5. The van der Waals surface area contributed by atoms with E-state index in [1.54, 1.807) is 30.3 Å². The molecule has 0 aliphatic carbocycles. The second kappa shape index (κ2) is 9.68. The first kappa shape index (κ1) is 25.3. The zero-order valence-electron chi connectivity index (χ0n) is 18.6. The zero-order valence-corrected chi connectivity index (χ0v) is 20.2. The molecule has 0 aliphatic rings. The fourth-order valence-electron chi connectivity index (χ4n) is 3.47. The fourth-order valence-corrected chi connectivity index (χ4v) is 4.36. The minimum Gasteiger partial charge on any atom is -0.486 e. The largest absolute Gasteiger partial charge is 0.486 e. The van der Waals surface area contributed by atoms with Gasteiger partial charge < -0.3 is 4.74 Å². The van der Waals surface area contributed by atoms with Crippen LogP contribution in [0.1, 0.15) is 17.0 Å². The lowest BCUT2D eigenvalue weighted by Gasteiger charge is -2.12. The van der Waals surface area contributed by atoms with Crippen molar-refractivity contribution in [1.29, 1.82) is 5.26 Å². The molecule has 0 bridgehead atoms. The molecule has 0 aliphatic heterocycles. The van der Waals surface area contributed by atoms with Crippen LogP contribution in [0.3, 0.4) is 0 Å². The number of hydrogen-bond acceptors (Lipinski definition) is 5. The Labute approximate surface area is 210 Å². The van der Waals surface area contributed by atoms with Crippen LogP contribution in [-0.4, -0.2) is 24.5 Å². The van der Waals surface area contributed by atoms with E-state index in [1.165, 1.54) is 36.4 Å². The molecule has 0 radical (unpaired) electrons. The summed E-state index contributed by atoms with van der Waals surface area (Å²) < 4.78 is 70.6. The Bertz CT molecular complexity index is 1590. The fraction of sp³-hybridized carbons (Fsp3) is 0.120. The molecule has 0 atom stereocenters. The number of halogens is 4. The van der Waals surface area contributed by atoms with Gasteiger partial charge in [-0.15, -0.1) is 0 Å². The monoisotopic (exact) mass is 531 g/mol. The Morgan fingerprint density at radius 1 is 1.03 bits per heavy atom. The van der Waals surface area contributed by atoms with E-state index < -0.39 is 21.7 Å². The lowest BCUT2D eigenvalue weighted by atomic mass is 10.0. The molecule has 4 rings (SSSR count). The number of nitriles is 1. The molecule has 4 aromatic rings. The number of sulfone groups is 1. The van der Waals surface area contributed by atoms with Crippen molar-refractivity contribution in [3.63, 3.8) is 0 Å². The maximum atomic E-state index is 13.4. The van der Waals surface area contributed by atoms with E-state index in [0.29, 0.717) is 11.1 Å². The van der Waals surface area contributed by atoms with E-state index >= 15 is 0 Å². The van der Waals surface area contributed by atoms with Crippen LogP contribution in [0.2, 0.25) is 5.02 Å². The number of ether oxygens (including phenoxy) is 1. The molecule has 0 N–H and O–H groups in total. The minimum absolute atomic E-state index is 0.0734. The topological polar surface area (TPSA) is 85.0 Å². The standard InChI is InChI=1S/C25H17ClF3N3O3S/c1-36(33,34)20-6-4-5-16(12-20)17-9-10-23(18(11-17)14-30)35-15-19-13-24(25(27,28)29)31-32(19)22-8-3-2-7-21(22)26/h2-13H,15H2,1H3. The first-order valence-corrected chi connectivity index (χ1v) is 12.6. The van der Waals surface area contributed by atoms with Gasteiger partial charge in [0.15, 0.2) is 15.5 Å². The van der Waals surface area contributed by atoms with Crippen LogP contribution in [0.5, 0.6) is 5.75 Å². The van der Waals surface area contributed by atoms with Gasteiger partial charge in [0.25, 0.3) is 0 Å². The smallest absolute Gasteiger partial charge is 0.435 e. The third-order valence-corrected chi connectivity index (χ3v) is 6.66. The molecule has 0 spiro atoms. The molecular weight excluding hydrogens is 515 g/mol. The van der Waals surface area contributed by atoms with Gasteiger partial charge >= 0.3 is 6.18 Å². The van der Waals surface area contributed by atoms with Crippen LogP contribution in [-0.2, 0) is 22.6 Å². The van der Waals surface area contributed by atoms with E-state index in [4.69, 9.17) is 16.3 Å². The van der Waals surface area contributed by atoms with Crippen molar-refractivity contribution in [3.05, 3.63) is 94.8 Å². The average Bonchev–Trinajstić information content (AvgIpc) is 3.27. The van der Waals surface area contributed by atoms with Crippen molar-refractivity contribution in [2.45, 2.75) is 17.7 Å². The SMILES string of the molecule is CS(=O)(=O)c1cccc(-c2ccc(OCc3cc(C(F)(F)F)nn3-c3ccccc3Cl)c(C#N)c2)c1. The van der Waals surface area contributed by atoms with Gasteiger partial charge in [-0.25, -0.2) is 13.1 Å². The quantitative estimate of drug-likeness (QED) is 0.302. The Kier molecular flexibility index (Phi) is 6.80. The number of rotatable bonds is 6. The number of aromatic nitrogens is 2. The van der Waals surface area contributed by atoms with Crippen LogP contribution in [0.25, 0.3) is 16.8 Å². The summed E-state index contributed by atoms with van der Waals surface area (Å²) in [7, 11) is -3.42. The molecule has 1 aromatic heterocycles.